The summed E-state index contributed by atoms with van der Waals surface area (Å²) < 4.78 is 11.6. The molecule has 7 heteroatoms. The minimum atomic E-state index is -0.686. The van der Waals surface area contributed by atoms with Crippen LogP contribution in [0.4, 0.5) is 0 Å². The highest BCUT2D eigenvalue weighted by Gasteiger charge is 2.15. The Morgan fingerprint density at radius 3 is 2.86 bits per heavy atom. The van der Waals surface area contributed by atoms with Crippen LogP contribution >= 0.6 is 34.2 Å². The summed E-state index contributed by atoms with van der Waals surface area (Å²) in [5, 5.41) is 4.46. The van der Waals surface area contributed by atoms with E-state index in [4.69, 9.17) is 20.8 Å². The highest BCUT2D eigenvalue weighted by Crippen LogP contribution is 2.22. The lowest BCUT2D eigenvalue weighted by molar-refractivity contribution is -0.127. The lowest BCUT2D eigenvalue weighted by atomic mass is 10.2. The predicted octanol–water partition coefficient (Wildman–Crippen LogP) is 3.76. The Labute approximate surface area is 146 Å². The van der Waals surface area contributed by atoms with Crippen molar-refractivity contribution in [3.8, 4) is 5.75 Å². The van der Waals surface area contributed by atoms with Gasteiger partial charge in [-0.25, -0.2) is 5.43 Å². The normalized spacial score (nSPS) is 12.4. The minimum Gasteiger partial charge on any atom is -0.481 e. The Balaban J connectivity index is 1.90. The van der Waals surface area contributed by atoms with Crippen molar-refractivity contribution < 1.29 is 13.9 Å². The zero-order valence-electron chi connectivity index (χ0n) is 12.0. The number of nitrogens with zero attached hydrogens (tertiary/aromatic N) is 1. The summed E-state index contributed by atoms with van der Waals surface area (Å²) >= 11 is 7.93. The van der Waals surface area contributed by atoms with Gasteiger partial charge in [-0.15, -0.1) is 0 Å². The van der Waals surface area contributed by atoms with Crippen LogP contribution in [-0.2, 0) is 4.79 Å². The van der Waals surface area contributed by atoms with Gasteiger partial charge in [0.15, 0.2) is 9.87 Å². The maximum Gasteiger partial charge on any atom is 0.280 e. The molecule has 1 amide bonds. The molecular weight excluding hydrogens is 419 g/mol. The van der Waals surface area contributed by atoms with E-state index in [1.807, 2.05) is 29.5 Å². The van der Waals surface area contributed by atoms with Gasteiger partial charge in [0.1, 0.15) is 11.5 Å². The lowest BCUT2D eigenvalue weighted by Crippen LogP contribution is -2.33. The molecule has 0 aliphatic heterocycles. The molecule has 2 aromatic rings. The van der Waals surface area contributed by atoms with Crippen LogP contribution in [0.15, 0.2) is 39.9 Å². The van der Waals surface area contributed by atoms with E-state index in [0.29, 0.717) is 16.5 Å². The van der Waals surface area contributed by atoms with Gasteiger partial charge in [0.25, 0.3) is 5.91 Å². The second-order valence-electron chi connectivity index (χ2n) is 4.55. The fraction of sp³-hybridized carbons (Fsp3) is 0.200. The van der Waals surface area contributed by atoms with E-state index >= 15 is 0 Å². The van der Waals surface area contributed by atoms with Crippen molar-refractivity contribution in [3.05, 3.63) is 50.4 Å². The second-order valence-corrected chi connectivity index (χ2v) is 6.05. The van der Waals surface area contributed by atoms with Crippen molar-refractivity contribution in [2.75, 3.05) is 0 Å². The van der Waals surface area contributed by atoms with E-state index < -0.39 is 6.10 Å². The van der Waals surface area contributed by atoms with Crippen LogP contribution in [0, 0.1) is 10.7 Å². The summed E-state index contributed by atoms with van der Waals surface area (Å²) in [5.41, 5.74) is 3.27. The van der Waals surface area contributed by atoms with E-state index in [0.717, 1.165) is 9.33 Å². The van der Waals surface area contributed by atoms with E-state index in [9.17, 15) is 4.79 Å². The Bertz CT molecular complexity index is 700. The van der Waals surface area contributed by atoms with E-state index in [2.05, 4.69) is 10.5 Å². The topological polar surface area (TPSA) is 63.8 Å². The van der Waals surface area contributed by atoms with Gasteiger partial charge < -0.3 is 9.15 Å². The van der Waals surface area contributed by atoms with Crippen LogP contribution in [0.2, 0.25) is 5.02 Å². The first-order valence-corrected chi connectivity index (χ1v) is 7.92. The number of aryl methyl sites for hydroxylation is 1. The highest BCUT2D eigenvalue weighted by molar-refractivity contribution is 14.1. The van der Waals surface area contributed by atoms with Gasteiger partial charge in [0, 0.05) is 5.02 Å². The molecule has 5 nitrogen and oxygen atoms in total. The molecule has 1 aromatic carbocycles. The number of carbonyl (C=O) groups excluding carboxylic acids is 1. The summed E-state index contributed by atoms with van der Waals surface area (Å²) in [6.45, 7) is 3.51. The molecular formula is C15H14ClIN2O3. The molecule has 0 aliphatic rings. The number of rotatable bonds is 5. The SMILES string of the molecule is Cc1cc(Cl)ccc1OC(C)C(=O)NN=Cc1ccc(I)o1. The zero-order valence-corrected chi connectivity index (χ0v) is 14.9. The number of benzene rings is 1. The molecule has 1 unspecified atom stereocenters. The molecule has 0 bridgehead atoms. The average Bonchev–Trinajstić information content (AvgIpc) is 2.87. The van der Waals surface area contributed by atoms with Crippen LogP contribution < -0.4 is 10.2 Å². The Morgan fingerprint density at radius 1 is 1.45 bits per heavy atom. The molecule has 0 fully saturated rings. The molecule has 0 saturated heterocycles. The number of hydrazone groups is 1. The molecule has 1 heterocycles. The van der Waals surface area contributed by atoms with Gasteiger partial charge in [-0.3, -0.25) is 4.79 Å². The third-order valence-electron chi connectivity index (χ3n) is 2.77. The van der Waals surface area contributed by atoms with E-state index in [1.54, 1.807) is 37.3 Å². The van der Waals surface area contributed by atoms with Crippen molar-refractivity contribution in [3.63, 3.8) is 0 Å². The van der Waals surface area contributed by atoms with Crippen molar-refractivity contribution in [1.29, 1.82) is 0 Å². The summed E-state index contributed by atoms with van der Waals surface area (Å²) in [5.74, 6) is 0.815. The quantitative estimate of drug-likeness (QED) is 0.444. The first-order valence-electron chi connectivity index (χ1n) is 6.47. The Kier molecular flexibility index (Phi) is 5.84. The maximum absolute atomic E-state index is 11.9. The fourth-order valence-electron chi connectivity index (χ4n) is 1.64. The van der Waals surface area contributed by atoms with Crippen LogP contribution in [-0.4, -0.2) is 18.2 Å². The number of hydrogen-bond acceptors (Lipinski definition) is 4. The second kappa shape index (κ2) is 7.64. The number of hydrogen-bond donors (Lipinski definition) is 1. The standard InChI is InChI=1S/C15H14ClIN2O3/c1-9-7-11(16)3-5-13(9)21-10(2)15(20)19-18-8-12-4-6-14(17)22-12/h3-8,10H,1-2H3,(H,19,20). The number of amides is 1. The van der Waals surface area contributed by atoms with Crippen molar-refractivity contribution in [2.45, 2.75) is 20.0 Å². The van der Waals surface area contributed by atoms with Crippen molar-refractivity contribution >= 4 is 46.3 Å². The van der Waals surface area contributed by atoms with Gasteiger partial charge in [-0.2, -0.15) is 5.10 Å². The molecule has 0 radical (unpaired) electrons. The third-order valence-corrected chi connectivity index (χ3v) is 3.59. The largest absolute Gasteiger partial charge is 0.481 e. The van der Waals surface area contributed by atoms with Crippen molar-refractivity contribution in [1.82, 2.24) is 5.43 Å². The van der Waals surface area contributed by atoms with E-state index in [1.165, 1.54) is 6.21 Å². The van der Waals surface area contributed by atoms with Crippen LogP contribution in [0.3, 0.4) is 0 Å². The molecule has 0 spiro atoms. The van der Waals surface area contributed by atoms with E-state index in [-0.39, 0.29) is 5.91 Å². The maximum atomic E-state index is 11.9. The fourth-order valence-corrected chi connectivity index (χ4v) is 2.30. The molecule has 1 N–H and O–H groups in total. The Morgan fingerprint density at radius 2 is 2.23 bits per heavy atom. The first-order chi connectivity index (χ1) is 10.5. The summed E-state index contributed by atoms with van der Waals surface area (Å²) in [6.07, 6.45) is 0.745. The first kappa shape index (κ1) is 16.8. The third kappa shape index (κ3) is 4.74. The predicted molar refractivity (Wildman–Crippen MR) is 93.4 cm³/mol. The van der Waals surface area contributed by atoms with Gasteiger partial charge in [0.2, 0.25) is 0 Å². The van der Waals surface area contributed by atoms with Gasteiger partial charge >= 0.3 is 0 Å². The molecule has 116 valence electrons. The summed E-state index contributed by atoms with van der Waals surface area (Å²) in [7, 11) is 0. The number of furan rings is 1. The number of halogens is 2. The smallest absolute Gasteiger partial charge is 0.280 e. The highest BCUT2D eigenvalue weighted by atomic mass is 127. The van der Waals surface area contributed by atoms with Crippen LogP contribution in [0.1, 0.15) is 18.2 Å². The average molecular weight is 433 g/mol. The summed E-state index contributed by atoms with van der Waals surface area (Å²) in [4.78, 5) is 11.9. The molecule has 1 atom stereocenters. The summed E-state index contributed by atoms with van der Waals surface area (Å²) in [6, 6.07) is 8.78. The number of carbonyl (C=O) groups is 1. The van der Waals surface area contributed by atoms with Crippen LogP contribution in [0.5, 0.6) is 5.75 Å². The molecule has 22 heavy (non-hydrogen) atoms. The van der Waals surface area contributed by atoms with Gasteiger partial charge in [0.05, 0.1) is 6.21 Å². The molecule has 2 rings (SSSR count). The van der Waals surface area contributed by atoms with Crippen LogP contribution in [0.25, 0.3) is 0 Å². The van der Waals surface area contributed by atoms with Gasteiger partial charge in [-0.1, -0.05) is 11.6 Å². The monoisotopic (exact) mass is 432 g/mol. The molecule has 0 aliphatic carbocycles. The lowest BCUT2D eigenvalue weighted by Gasteiger charge is -2.14. The molecule has 1 aromatic heterocycles. The molecule has 0 saturated carbocycles. The number of nitrogens with one attached hydrogen (secondary N) is 1. The van der Waals surface area contributed by atoms with Gasteiger partial charge in [-0.05, 0) is 72.3 Å². The van der Waals surface area contributed by atoms with Crippen molar-refractivity contribution in [2.24, 2.45) is 5.10 Å². The minimum absolute atomic E-state index is 0.355. The number of ether oxygens (including phenoxy) is 1. The zero-order chi connectivity index (χ0) is 16.1. The Hall–Kier alpha value is -1.54.